The zero-order valence-corrected chi connectivity index (χ0v) is 19.6. The fourth-order valence-corrected chi connectivity index (χ4v) is 6.76. The van der Waals surface area contributed by atoms with Gasteiger partial charge in [-0.1, -0.05) is 35.5 Å². The molecule has 0 radical (unpaired) electrons. The number of carbonyl (C=O) groups excluding carboxylic acids is 2. The van der Waals surface area contributed by atoms with Gasteiger partial charge >= 0.3 is 5.97 Å². The average molecular weight is 499 g/mol. The van der Waals surface area contributed by atoms with E-state index in [2.05, 4.69) is 10.3 Å². The van der Waals surface area contributed by atoms with E-state index >= 15 is 0 Å². The monoisotopic (exact) mass is 498 g/mol. The molecular weight excluding hydrogens is 480 g/mol. The molecule has 2 aromatic carbocycles. The zero-order chi connectivity index (χ0) is 23.1. The van der Waals surface area contributed by atoms with Gasteiger partial charge in [0.05, 0.1) is 27.8 Å². The van der Waals surface area contributed by atoms with E-state index in [4.69, 9.17) is 11.6 Å². The number of aliphatic carboxylic acids is 1. The van der Waals surface area contributed by atoms with Crippen LogP contribution in [0.2, 0.25) is 5.02 Å². The smallest absolute Gasteiger partial charge is 0.307 e. The largest absolute Gasteiger partial charge is 0.481 e. The number of nitrogens with zero attached hydrogens (tertiary/aromatic N) is 1. The molecule has 2 aliphatic carbocycles. The topological polar surface area (TPSA) is 96.4 Å². The number of rotatable bonds is 7. The Morgan fingerprint density at radius 3 is 2.55 bits per heavy atom. The van der Waals surface area contributed by atoms with Crippen molar-refractivity contribution in [2.45, 2.75) is 10.8 Å². The number of thiazole rings is 1. The van der Waals surface area contributed by atoms with Crippen LogP contribution in [-0.2, 0) is 9.59 Å². The maximum Gasteiger partial charge on any atom is 0.307 e. The third-order valence-electron chi connectivity index (χ3n) is 6.18. The molecule has 33 heavy (non-hydrogen) atoms. The van der Waals surface area contributed by atoms with E-state index in [1.807, 2.05) is 24.3 Å². The fraction of sp³-hybridized carbons (Fsp3) is 0.250. The molecule has 1 saturated carbocycles. The van der Waals surface area contributed by atoms with Gasteiger partial charge in [-0.05, 0) is 60.7 Å². The third-order valence-corrected chi connectivity index (χ3v) is 8.59. The van der Waals surface area contributed by atoms with Crippen molar-refractivity contribution in [2.24, 2.45) is 23.7 Å². The van der Waals surface area contributed by atoms with Gasteiger partial charge in [-0.2, -0.15) is 0 Å². The molecule has 3 aromatic rings. The number of hydrogen-bond acceptors (Lipinski definition) is 6. The number of carboxylic acids is 1. The van der Waals surface area contributed by atoms with Crippen molar-refractivity contribution in [2.75, 3.05) is 11.1 Å². The van der Waals surface area contributed by atoms with Gasteiger partial charge in [0.1, 0.15) is 0 Å². The summed E-state index contributed by atoms with van der Waals surface area (Å²) in [5, 5.41) is 13.1. The minimum atomic E-state index is -0.917. The minimum absolute atomic E-state index is 0.00299. The number of benzene rings is 2. The van der Waals surface area contributed by atoms with Crippen LogP contribution in [0.5, 0.6) is 0 Å². The van der Waals surface area contributed by atoms with Gasteiger partial charge in [0.25, 0.3) is 0 Å². The first-order valence-corrected chi connectivity index (χ1v) is 12.6. The Morgan fingerprint density at radius 2 is 1.82 bits per heavy atom. The van der Waals surface area contributed by atoms with Crippen LogP contribution in [0.3, 0.4) is 0 Å². The molecule has 0 unspecified atom stereocenters. The summed E-state index contributed by atoms with van der Waals surface area (Å²) >= 11 is 8.69. The van der Waals surface area contributed by atoms with Crippen molar-refractivity contribution in [3.05, 3.63) is 65.2 Å². The Balaban J connectivity index is 1.26. The van der Waals surface area contributed by atoms with Crippen LogP contribution in [0.1, 0.15) is 16.8 Å². The fourth-order valence-electron chi connectivity index (χ4n) is 4.63. The lowest BCUT2D eigenvalue weighted by Gasteiger charge is -2.23. The number of carboxylic acid groups (broad SMARTS) is 1. The third kappa shape index (κ3) is 4.43. The predicted molar refractivity (Wildman–Crippen MR) is 130 cm³/mol. The van der Waals surface area contributed by atoms with Crippen molar-refractivity contribution >= 4 is 68.3 Å². The maximum absolute atomic E-state index is 12.9. The SMILES string of the molecule is O=C(CSc1nc2ccc(NC(=O)[C@@H]3[C@H](C(=O)O)[C@H]4C=C[C@H]3C4)cc2s1)c1ccc(Cl)cc1. The first kappa shape index (κ1) is 22.1. The first-order chi connectivity index (χ1) is 15.9. The Hall–Kier alpha value is -2.68. The van der Waals surface area contributed by atoms with Gasteiger partial charge in [0.15, 0.2) is 10.1 Å². The lowest BCUT2D eigenvalue weighted by atomic mass is 9.82. The molecule has 5 rings (SSSR count). The second kappa shape index (κ2) is 8.93. The summed E-state index contributed by atoms with van der Waals surface area (Å²) in [4.78, 5) is 41.6. The number of nitrogens with one attached hydrogen (secondary N) is 1. The number of halogens is 1. The summed E-state index contributed by atoms with van der Waals surface area (Å²) < 4.78 is 1.65. The molecule has 1 aromatic heterocycles. The standard InChI is InChI=1S/C24H19ClN2O4S2/c25-15-5-3-12(4-6-15)18(28)11-32-24-27-17-8-7-16(10-19(17)33-24)26-22(29)20-13-1-2-14(9-13)21(20)23(30)31/h1-8,10,13-14,20-21H,9,11H2,(H,26,29)(H,30,31)/t13-,14-,20-,21+/m0/s1. The molecule has 4 atom stereocenters. The van der Waals surface area contributed by atoms with Crippen molar-refractivity contribution in [3.8, 4) is 0 Å². The van der Waals surface area contributed by atoms with Gasteiger partial charge in [-0.15, -0.1) is 11.3 Å². The van der Waals surface area contributed by atoms with Gasteiger partial charge in [0, 0.05) is 16.3 Å². The van der Waals surface area contributed by atoms with Crippen LogP contribution in [0.25, 0.3) is 10.2 Å². The van der Waals surface area contributed by atoms with E-state index in [-0.39, 0.29) is 29.3 Å². The van der Waals surface area contributed by atoms with E-state index in [0.29, 0.717) is 16.3 Å². The van der Waals surface area contributed by atoms with E-state index in [1.165, 1.54) is 23.1 Å². The molecule has 9 heteroatoms. The second-order valence-electron chi connectivity index (χ2n) is 8.21. The number of fused-ring (bicyclic) bond motifs is 3. The van der Waals surface area contributed by atoms with E-state index in [0.717, 1.165) is 21.0 Å². The number of aromatic nitrogens is 1. The number of allylic oxidation sites excluding steroid dienone is 2. The summed E-state index contributed by atoms with van der Waals surface area (Å²) in [5.41, 5.74) is 2.00. The molecule has 168 valence electrons. The Bertz CT molecular complexity index is 1290. The van der Waals surface area contributed by atoms with Crippen LogP contribution in [0, 0.1) is 23.7 Å². The van der Waals surface area contributed by atoms with Crippen LogP contribution in [-0.4, -0.2) is 33.5 Å². The molecule has 0 aliphatic heterocycles. The lowest BCUT2D eigenvalue weighted by molar-refractivity contribution is -0.146. The van der Waals surface area contributed by atoms with Crippen LogP contribution < -0.4 is 5.32 Å². The molecule has 0 spiro atoms. The quantitative estimate of drug-likeness (QED) is 0.258. The van der Waals surface area contributed by atoms with E-state index in [1.54, 1.807) is 30.3 Å². The highest BCUT2D eigenvalue weighted by Crippen LogP contribution is 2.48. The number of anilines is 1. The van der Waals surface area contributed by atoms with Crippen molar-refractivity contribution in [1.29, 1.82) is 0 Å². The summed E-state index contributed by atoms with van der Waals surface area (Å²) in [5.74, 6) is -2.23. The molecule has 2 aliphatic rings. The Labute approximate surface area is 203 Å². The molecule has 6 nitrogen and oxygen atoms in total. The zero-order valence-electron chi connectivity index (χ0n) is 17.2. The van der Waals surface area contributed by atoms with Crippen molar-refractivity contribution in [1.82, 2.24) is 4.98 Å². The maximum atomic E-state index is 12.9. The summed E-state index contributed by atoms with van der Waals surface area (Å²) in [6.07, 6.45) is 4.61. The minimum Gasteiger partial charge on any atom is -0.481 e. The molecule has 0 saturated heterocycles. The highest BCUT2D eigenvalue weighted by Gasteiger charge is 2.51. The number of carbonyl (C=O) groups is 3. The summed E-state index contributed by atoms with van der Waals surface area (Å²) in [6, 6.07) is 12.2. The van der Waals surface area contributed by atoms with E-state index in [9.17, 15) is 19.5 Å². The van der Waals surface area contributed by atoms with Crippen molar-refractivity contribution < 1.29 is 19.5 Å². The normalized spacial score (nSPS) is 23.2. The average Bonchev–Trinajstić information content (AvgIpc) is 3.51. The van der Waals surface area contributed by atoms with Crippen molar-refractivity contribution in [3.63, 3.8) is 0 Å². The second-order valence-corrected chi connectivity index (χ2v) is 10.9. The highest BCUT2D eigenvalue weighted by atomic mass is 35.5. The summed E-state index contributed by atoms with van der Waals surface area (Å²) in [7, 11) is 0. The molecule has 1 heterocycles. The number of amides is 1. The molecule has 1 amide bonds. The number of Topliss-reactive ketones (excluding diaryl/α,β-unsaturated/α-hetero) is 1. The number of hydrogen-bond donors (Lipinski definition) is 2. The lowest BCUT2D eigenvalue weighted by Crippen LogP contribution is -2.36. The van der Waals surface area contributed by atoms with Crippen LogP contribution in [0.15, 0.2) is 59.0 Å². The van der Waals surface area contributed by atoms with Crippen LogP contribution in [0.4, 0.5) is 5.69 Å². The predicted octanol–water partition coefficient (Wildman–Crippen LogP) is 5.39. The van der Waals surface area contributed by atoms with Gasteiger partial charge in [-0.3, -0.25) is 14.4 Å². The van der Waals surface area contributed by atoms with E-state index < -0.39 is 17.8 Å². The Morgan fingerprint density at radius 1 is 1.09 bits per heavy atom. The van der Waals surface area contributed by atoms with Gasteiger partial charge in [-0.25, -0.2) is 4.98 Å². The summed E-state index contributed by atoms with van der Waals surface area (Å²) in [6.45, 7) is 0. The molecule has 2 bridgehead atoms. The van der Waals surface area contributed by atoms with Gasteiger partial charge in [0.2, 0.25) is 5.91 Å². The molecule has 1 fully saturated rings. The highest BCUT2D eigenvalue weighted by molar-refractivity contribution is 8.01. The molecular formula is C24H19ClN2O4S2. The number of thioether (sulfide) groups is 1. The number of ketones is 1. The first-order valence-electron chi connectivity index (χ1n) is 10.4. The Kier molecular flexibility index (Phi) is 5.99. The van der Waals surface area contributed by atoms with Gasteiger partial charge < -0.3 is 10.4 Å². The molecule has 2 N–H and O–H groups in total. The van der Waals surface area contributed by atoms with Crippen LogP contribution >= 0.6 is 34.7 Å².